The topological polar surface area (TPSA) is 81.6 Å². The van der Waals surface area contributed by atoms with Crippen LogP contribution in [-0.4, -0.2) is 48.0 Å². The lowest BCUT2D eigenvalue weighted by molar-refractivity contribution is -0.120. The fraction of sp³-hybridized carbons (Fsp3) is 0.875. The molecule has 0 heterocycles. The summed E-state index contributed by atoms with van der Waals surface area (Å²) in [6.07, 6.45) is 2.13. The smallest absolute Gasteiger partial charge is 0.234 e. The van der Waals surface area contributed by atoms with Gasteiger partial charge < -0.3 is 20.8 Å². The van der Waals surface area contributed by atoms with Crippen LogP contribution in [0.5, 0.6) is 0 Å². The van der Waals surface area contributed by atoms with E-state index in [0.717, 1.165) is 12.8 Å². The van der Waals surface area contributed by atoms with E-state index in [1.807, 2.05) is 0 Å². The molecule has 1 aliphatic rings. The number of hydrogen-bond donors (Lipinski definition) is 4. The molecule has 0 unspecified atom stereocenters. The summed E-state index contributed by atoms with van der Waals surface area (Å²) in [6, 6.07) is -0.0408. The number of aliphatic hydroxyl groups is 2. The molecule has 0 saturated heterocycles. The van der Waals surface area contributed by atoms with Gasteiger partial charge >= 0.3 is 0 Å². The Morgan fingerprint density at radius 2 is 2.00 bits per heavy atom. The standard InChI is InChI=1S/C8H16N2O3/c11-4-7(5-12)9-3-8(13)10-6-1-2-6/h6-7,9,11-12H,1-5H2,(H,10,13). The Kier molecular flexibility index (Phi) is 4.14. The van der Waals surface area contributed by atoms with Crippen LogP contribution in [0.3, 0.4) is 0 Å². The van der Waals surface area contributed by atoms with E-state index in [9.17, 15) is 4.79 Å². The van der Waals surface area contributed by atoms with Gasteiger partial charge in [-0.2, -0.15) is 0 Å². The molecule has 0 radical (unpaired) electrons. The highest BCUT2D eigenvalue weighted by Crippen LogP contribution is 2.18. The van der Waals surface area contributed by atoms with Crippen molar-refractivity contribution in [2.45, 2.75) is 24.9 Å². The number of hydrogen-bond acceptors (Lipinski definition) is 4. The predicted molar refractivity (Wildman–Crippen MR) is 47.1 cm³/mol. The summed E-state index contributed by atoms with van der Waals surface area (Å²) in [7, 11) is 0. The molecule has 1 saturated carbocycles. The van der Waals surface area contributed by atoms with Crippen molar-refractivity contribution in [2.24, 2.45) is 0 Å². The van der Waals surface area contributed by atoms with Crippen LogP contribution >= 0.6 is 0 Å². The number of nitrogens with one attached hydrogen (secondary N) is 2. The van der Waals surface area contributed by atoms with Gasteiger partial charge in [-0.05, 0) is 12.8 Å². The molecule has 0 spiro atoms. The Morgan fingerprint density at radius 3 is 2.46 bits per heavy atom. The fourth-order valence-electron chi connectivity index (χ4n) is 0.930. The molecule has 5 heteroatoms. The Labute approximate surface area is 77.1 Å². The van der Waals surface area contributed by atoms with Crippen molar-refractivity contribution in [3.05, 3.63) is 0 Å². The summed E-state index contributed by atoms with van der Waals surface area (Å²) in [5.41, 5.74) is 0. The van der Waals surface area contributed by atoms with Gasteiger partial charge in [0.25, 0.3) is 0 Å². The van der Waals surface area contributed by atoms with Crippen molar-refractivity contribution in [3.8, 4) is 0 Å². The molecule has 0 bridgehead atoms. The van der Waals surface area contributed by atoms with Crippen molar-refractivity contribution >= 4 is 5.91 Å². The third kappa shape index (κ3) is 4.21. The van der Waals surface area contributed by atoms with Crippen LogP contribution in [0.15, 0.2) is 0 Å². The molecular weight excluding hydrogens is 172 g/mol. The summed E-state index contributed by atoms with van der Waals surface area (Å²) in [4.78, 5) is 11.1. The van der Waals surface area contributed by atoms with Crippen LogP contribution in [0.1, 0.15) is 12.8 Å². The first-order valence-corrected chi connectivity index (χ1v) is 4.50. The van der Waals surface area contributed by atoms with Gasteiger partial charge in [-0.15, -0.1) is 0 Å². The van der Waals surface area contributed by atoms with E-state index >= 15 is 0 Å². The third-order valence-electron chi connectivity index (χ3n) is 1.93. The molecule has 0 aliphatic heterocycles. The highest BCUT2D eigenvalue weighted by atomic mass is 16.3. The molecule has 1 fully saturated rings. The van der Waals surface area contributed by atoms with E-state index in [0.29, 0.717) is 6.04 Å². The number of rotatable bonds is 6. The van der Waals surface area contributed by atoms with E-state index in [4.69, 9.17) is 10.2 Å². The lowest BCUT2D eigenvalue weighted by atomic mass is 10.3. The van der Waals surface area contributed by atoms with Gasteiger partial charge in [0.05, 0.1) is 25.8 Å². The van der Waals surface area contributed by atoms with Gasteiger partial charge in [0, 0.05) is 6.04 Å². The first-order chi connectivity index (χ1) is 6.26. The first-order valence-electron chi connectivity index (χ1n) is 4.50. The molecule has 0 aromatic rings. The Bertz CT molecular complexity index is 167. The van der Waals surface area contributed by atoms with Crippen LogP contribution in [-0.2, 0) is 4.79 Å². The number of carbonyl (C=O) groups is 1. The predicted octanol–water partition coefficient (Wildman–Crippen LogP) is -1.79. The summed E-state index contributed by atoms with van der Waals surface area (Å²) in [5.74, 6) is -0.0746. The van der Waals surface area contributed by atoms with Crippen molar-refractivity contribution < 1.29 is 15.0 Å². The Morgan fingerprint density at radius 1 is 1.38 bits per heavy atom. The van der Waals surface area contributed by atoms with E-state index in [1.54, 1.807) is 0 Å². The van der Waals surface area contributed by atoms with Crippen LogP contribution in [0, 0.1) is 0 Å². The summed E-state index contributed by atoms with van der Waals surface area (Å²) in [5, 5.41) is 22.9. The maximum absolute atomic E-state index is 11.1. The van der Waals surface area contributed by atoms with Crippen LogP contribution < -0.4 is 10.6 Å². The van der Waals surface area contributed by atoms with E-state index in [-0.39, 0.29) is 25.7 Å². The second kappa shape index (κ2) is 5.16. The van der Waals surface area contributed by atoms with E-state index in [2.05, 4.69) is 10.6 Å². The highest BCUT2D eigenvalue weighted by Gasteiger charge is 2.23. The normalized spacial score (nSPS) is 16.2. The largest absolute Gasteiger partial charge is 0.395 e. The van der Waals surface area contributed by atoms with Crippen molar-refractivity contribution in [3.63, 3.8) is 0 Å². The Hall–Kier alpha value is -0.650. The molecule has 1 rings (SSSR count). The van der Waals surface area contributed by atoms with Gasteiger partial charge in [0.15, 0.2) is 0 Å². The molecule has 1 amide bonds. The number of carbonyl (C=O) groups excluding carboxylic acids is 1. The maximum atomic E-state index is 11.1. The second-order valence-electron chi connectivity index (χ2n) is 3.28. The van der Waals surface area contributed by atoms with E-state index < -0.39 is 6.04 Å². The summed E-state index contributed by atoms with van der Waals surface area (Å²) in [6.45, 7) is -0.164. The fourth-order valence-corrected chi connectivity index (χ4v) is 0.930. The third-order valence-corrected chi connectivity index (χ3v) is 1.93. The molecule has 76 valence electrons. The molecule has 5 nitrogen and oxygen atoms in total. The zero-order valence-electron chi connectivity index (χ0n) is 7.49. The molecule has 13 heavy (non-hydrogen) atoms. The minimum Gasteiger partial charge on any atom is -0.395 e. The van der Waals surface area contributed by atoms with Crippen molar-refractivity contribution in [2.75, 3.05) is 19.8 Å². The quantitative estimate of drug-likeness (QED) is 0.397. The highest BCUT2D eigenvalue weighted by molar-refractivity contribution is 5.78. The lowest BCUT2D eigenvalue weighted by Gasteiger charge is -2.12. The molecule has 0 aromatic heterocycles. The van der Waals surface area contributed by atoms with Gasteiger partial charge in [-0.3, -0.25) is 4.79 Å². The van der Waals surface area contributed by atoms with Crippen LogP contribution in [0.2, 0.25) is 0 Å². The molecule has 1 aliphatic carbocycles. The lowest BCUT2D eigenvalue weighted by Crippen LogP contribution is -2.43. The van der Waals surface area contributed by atoms with Gasteiger partial charge in [-0.25, -0.2) is 0 Å². The van der Waals surface area contributed by atoms with Crippen LogP contribution in [0.25, 0.3) is 0 Å². The zero-order valence-corrected chi connectivity index (χ0v) is 7.49. The maximum Gasteiger partial charge on any atom is 0.234 e. The average molecular weight is 188 g/mol. The number of amides is 1. The van der Waals surface area contributed by atoms with Crippen molar-refractivity contribution in [1.82, 2.24) is 10.6 Å². The zero-order chi connectivity index (χ0) is 9.68. The summed E-state index contributed by atoms with van der Waals surface area (Å²) < 4.78 is 0. The van der Waals surface area contributed by atoms with Crippen LogP contribution in [0.4, 0.5) is 0 Å². The van der Waals surface area contributed by atoms with E-state index in [1.165, 1.54) is 0 Å². The molecule has 0 aromatic carbocycles. The number of aliphatic hydroxyl groups excluding tert-OH is 2. The Balaban J connectivity index is 2.05. The molecule has 4 N–H and O–H groups in total. The SMILES string of the molecule is O=C(CNC(CO)CO)NC1CC1. The van der Waals surface area contributed by atoms with Crippen molar-refractivity contribution in [1.29, 1.82) is 0 Å². The minimum absolute atomic E-state index is 0.0746. The minimum atomic E-state index is -0.398. The molecular formula is C8H16N2O3. The van der Waals surface area contributed by atoms with Gasteiger partial charge in [0.1, 0.15) is 0 Å². The van der Waals surface area contributed by atoms with Gasteiger partial charge in [-0.1, -0.05) is 0 Å². The van der Waals surface area contributed by atoms with Gasteiger partial charge in [0.2, 0.25) is 5.91 Å². The average Bonchev–Trinajstić information content (AvgIpc) is 2.90. The first kappa shape index (κ1) is 10.4. The second-order valence-corrected chi connectivity index (χ2v) is 3.28. The monoisotopic (exact) mass is 188 g/mol. The molecule has 0 atom stereocenters. The summed E-state index contributed by atoms with van der Waals surface area (Å²) >= 11 is 0.